The molecule has 0 aromatic heterocycles. The van der Waals surface area contributed by atoms with Gasteiger partial charge in [-0.25, -0.2) is 0 Å². The Morgan fingerprint density at radius 1 is 1.35 bits per heavy atom. The zero-order valence-electron chi connectivity index (χ0n) is 11.8. The molecule has 2 N–H and O–H groups in total. The summed E-state index contributed by atoms with van der Waals surface area (Å²) in [6.45, 7) is 3.22. The molecule has 1 aromatic rings. The Morgan fingerprint density at radius 2 is 2.05 bits per heavy atom. The van der Waals surface area contributed by atoms with Gasteiger partial charge in [-0.15, -0.1) is 0 Å². The molecule has 2 unspecified atom stereocenters. The Morgan fingerprint density at radius 3 is 2.65 bits per heavy atom. The van der Waals surface area contributed by atoms with E-state index < -0.39 is 0 Å². The standard InChI is InChI=1S/C16H21BrN2O/c1-11-14(3-2-10-18-11)19-15(20)16(8-9-16)12-4-6-13(17)7-5-12/h4-7,11,14,18H,2-3,8-10H2,1H3,(H,19,20). The van der Waals surface area contributed by atoms with E-state index in [1.165, 1.54) is 0 Å². The molecule has 1 aliphatic carbocycles. The summed E-state index contributed by atoms with van der Waals surface area (Å²) in [6.07, 6.45) is 4.15. The minimum atomic E-state index is -0.266. The van der Waals surface area contributed by atoms with Gasteiger partial charge in [-0.05, 0) is 56.8 Å². The lowest BCUT2D eigenvalue weighted by molar-refractivity contribution is -0.124. The molecule has 1 heterocycles. The van der Waals surface area contributed by atoms with Gasteiger partial charge < -0.3 is 10.6 Å². The zero-order valence-corrected chi connectivity index (χ0v) is 13.4. The van der Waals surface area contributed by atoms with Crippen LogP contribution in [0.4, 0.5) is 0 Å². The highest BCUT2D eigenvalue weighted by Crippen LogP contribution is 2.48. The molecule has 0 spiro atoms. The second-order valence-corrected chi connectivity index (χ2v) is 6.97. The molecule has 2 atom stereocenters. The molecular formula is C16H21BrN2O. The van der Waals surface area contributed by atoms with Gasteiger partial charge in [-0.2, -0.15) is 0 Å². The highest BCUT2D eigenvalue weighted by molar-refractivity contribution is 9.10. The Bertz CT molecular complexity index is 496. The Kier molecular flexibility index (Phi) is 3.87. The summed E-state index contributed by atoms with van der Waals surface area (Å²) in [5.41, 5.74) is 0.882. The van der Waals surface area contributed by atoms with E-state index in [1.807, 2.05) is 12.1 Å². The largest absolute Gasteiger partial charge is 0.351 e. The van der Waals surface area contributed by atoms with E-state index in [-0.39, 0.29) is 17.4 Å². The second-order valence-electron chi connectivity index (χ2n) is 6.05. The number of carbonyl (C=O) groups excluding carboxylic acids is 1. The highest BCUT2D eigenvalue weighted by atomic mass is 79.9. The fourth-order valence-corrected chi connectivity index (χ4v) is 3.35. The third kappa shape index (κ3) is 2.63. The average molecular weight is 337 g/mol. The van der Waals surface area contributed by atoms with Crippen LogP contribution in [0.2, 0.25) is 0 Å². The lowest BCUT2D eigenvalue weighted by atomic mass is 9.93. The SMILES string of the molecule is CC1NCCCC1NC(=O)C1(c2ccc(Br)cc2)CC1. The van der Waals surface area contributed by atoms with E-state index in [0.29, 0.717) is 6.04 Å². The molecule has 4 heteroatoms. The predicted molar refractivity (Wildman–Crippen MR) is 83.7 cm³/mol. The van der Waals surface area contributed by atoms with Gasteiger partial charge in [-0.1, -0.05) is 28.1 Å². The third-order valence-corrected chi connectivity index (χ3v) is 5.19. The first kappa shape index (κ1) is 14.1. The Balaban J connectivity index is 1.71. The van der Waals surface area contributed by atoms with Crippen LogP contribution < -0.4 is 10.6 Å². The lowest BCUT2D eigenvalue weighted by Gasteiger charge is -2.32. The molecule has 1 aliphatic heterocycles. The average Bonchev–Trinajstić information content (AvgIpc) is 3.24. The number of piperidine rings is 1. The first-order chi connectivity index (χ1) is 9.62. The van der Waals surface area contributed by atoms with Crippen molar-refractivity contribution in [2.24, 2.45) is 0 Å². The second kappa shape index (κ2) is 5.49. The highest BCUT2D eigenvalue weighted by Gasteiger charge is 2.51. The van der Waals surface area contributed by atoms with Gasteiger partial charge in [0.15, 0.2) is 0 Å². The molecule has 3 rings (SSSR count). The van der Waals surface area contributed by atoms with Crippen LogP contribution in [0.5, 0.6) is 0 Å². The molecule has 3 nitrogen and oxygen atoms in total. The lowest BCUT2D eigenvalue weighted by Crippen LogP contribution is -2.53. The summed E-state index contributed by atoms with van der Waals surface area (Å²) in [6, 6.07) is 8.82. The van der Waals surface area contributed by atoms with Crippen LogP contribution in [0.3, 0.4) is 0 Å². The normalized spacial score (nSPS) is 27.9. The smallest absolute Gasteiger partial charge is 0.230 e. The number of nitrogens with one attached hydrogen (secondary N) is 2. The molecule has 20 heavy (non-hydrogen) atoms. The van der Waals surface area contributed by atoms with Crippen molar-refractivity contribution in [2.75, 3.05) is 6.54 Å². The monoisotopic (exact) mass is 336 g/mol. The number of halogens is 1. The van der Waals surface area contributed by atoms with Gasteiger partial charge in [0.05, 0.1) is 5.41 Å². The van der Waals surface area contributed by atoms with Crippen molar-refractivity contribution in [2.45, 2.75) is 50.1 Å². The van der Waals surface area contributed by atoms with Gasteiger partial charge in [0, 0.05) is 16.6 Å². The number of amides is 1. The zero-order chi connectivity index (χ0) is 14.2. The van der Waals surface area contributed by atoms with Crippen molar-refractivity contribution in [3.63, 3.8) is 0 Å². The third-order valence-electron chi connectivity index (χ3n) is 4.66. The molecule has 1 amide bonds. The minimum Gasteiger partial charge on any atom is -0.351 e. The summed E-state index contributed by atoms with van der Waals surface area (Å²) < 4.78 is 1.06. The molecule has 2 aliphatic rings. The van der Waals surface area contributed by atoms with E-state index in [2.05, 4.69) is 45.6 Å². The molecule has 0 radical (unpaired) electrons. The molecule has 1 aromatic carbocycles. The fraction of sp³-hybridized carbons (Fsp3) is 0.562. The number of benzene rings is 1. The molecular weight excluding hydrogens is 316 g/mol. The summed E-state index contributed by atoms with van der Waals surface area (Å²) >= 11 is 3.45. The number of carbonyl (C=O) groups is 1. The summed E-state index contributed by atoms with van der Waals surface area (Å²) in [5, 5.41) is 6.71. The molecule has 2 fully saturated rings. The first-order valence-corrected chi connectivity index (χ1v) is 8.21. The maximum atomic E-state index is 12.7. The van der Waals surface area contributed by atoms with Crippen molar-refractivity contribution >= 4 is 21.8 Å². The summed E-state index contributed by atoms with van der Waals surface area (Å²) in [7, 11) is 0. The maximum absolute atomic E-state index is 12.7. The quantitative estimate of drug-likeness (QED) is 0.891. The van der Waals surface area contributed by atoms with Crippen molar-refractivity contribution < 1.29 is 4.79 Å². The van der Waals surface area contributed by atoms with Crippen molar-refractivity contribution in [1.29, 1.82) is 0 Å². The fourth-order valence-electron chi connectivity index (χ4n) is 3.09. The van der Waals surface area contributed by atoms with Gasteiger partial charge in [0.25, 0.3) is 0 Å². The van der Waals surface area contributed by atoms with E-state index >= 15 is 0 Å². The van der Waals surface area contributed by atoms with Crippen molar-refractivity contribution in [3.8, 4) is 0 Å². The topological polar surface area (TPSA) is 41.1 Å². The molecule has 0 bridgehead atoms. The van der Waals surface area contributed by atoms with Crippen molar-refractivity contribution in [1.82, 2.24) is 10.6 Å². The van der Waals surface area contributed by atoms with Crippen LogP contribution in [0, 0.1) is 0 Å². The number of hydrogen-bond acceptors (Lipinski definition) is 2. The molecule has 1 saturated carbocycles. The van der Waals surface area contributed by atoms with Crippen LogP contribution in [0.25, 0.3) is 0 Å². The van der Waals surface area contributed by atoms with E-state index in [0.717, 1.165) is 42.3 Å². The van der Waals surface area contributed by atoms with E-state index in [4.69, 9.17) is 0 Å². The van der Waals surface area contributed by atoms with Crippen LogP contribution in [-0.4, -0.2) is 24.5 Å². The summed E-state index contributed by atoms with van der Waals surface area (Å²) in [4.78, 5) is 12.7. The van der Waals surface area contributed by atoms with Gasteiger partial charge >= 0.3 is 0 Å². The van der Waals surface area contributed by atoms with Gasteiger partial charge in [0.1, 0.15) is 0 Å². The minimum absolute atomic E-state index is 0.209. The number of rotatable bonds is 3. The van der Waals surface area contributed by atoms with Gasteiger partial charge in [0.2, 0.25) is 5.91 Å². The van der Waals surface area contributed by atoms with Crippen LogP contribution in [0.1, 0.15) is 38.2 Å². The molecule has 1 saturated heterocycles. The van der Waals surface area contributed by atoms with E-state index in [9.17, 15) is 4.79 Å². The van der Waals surface area contributed by atoms with Gasteiger partial charge in [-0.3, -0.25) is 4.79 Å². The Hall–Kier alpha value is -0.870. The van der Waals surface area contributed by atoms with Crippen LogP contribution >= 0.6 is 15.9 Å². The predicted octanol–water partition coefficient (Wildman–Crippen LogP) is 2.74. The van der Waals surface area contributed by atoms with Crippen molar-refractivity contribution in [3.05, 3.63) is 34.3 Å². The van der Waals surface area contributed by atoms with E-state index in [1.54, 1.807) is 0 Å². The first-order valence-electron chi connectivity index (χ1n) is 7.42. The Labute approximate surface area is 128 Å². The molecule has 108 valence electrons. The van der Waals surface area contributed by atoms with Crippen LogP contribution in [0.15, 0.2) is 28.7 Å². The summed E-state index contributed by atoms with van der Waals surface area (Å²) in [5.74, 6) is 0.209. The van der Waals surface area contributed by atoms with Crippen LogP contribution in [-0.2, 0) is 10.2 Å². The maximum Gasteiger partial charge on any atom is 0.230 e. The number of hydrogen-bond donors (Lipinski definition) is 2.